The van der Waals surface area contributed by atoms with Gasteiger partial charge in [0.15, 0.2) is 5.79 Å². The Labute approximate surface area is 241 Å². The minimum absolute atomic E-state index is 0.0317. The molecule has 10 nitrogen and oxygen atoms in total. The smallest absolute Gasteiger partial charge is 0.421 e. The maximum atomic E-state index is 13.8. The topological polar surface area (TPSA) is 110 Å². The van der Waals surface area contributed by atoms with Gasteiger partial charge in [-0.3, -0.25) is 4.79 Å². The molecule has 42 heavy (non-hydrogen) atoms. The second kappa shape index (κ2) is 12.0. The number of ether oxygens (including phenoxy) is 3. The first kappa shape index (κ1) is 29.4. The van der Waals surface area contributed by atoms with Gasteiger partial charge < -0.3 is 35.1 Å². The Kier molecular flexibility index (Phi) is 8.41. The summed E-state index contributed by atoms with van der Waals surface area (Å²) in [7, 11) is 1.52. The number of hydrogen-bond acceptors (Lipinski definition) is 9. The van der Waals surface area contributed by atoms with Gasteiger partial charge >= 0.3 is 6.18 Å². The molecule has 224 valence electrons. The molecule has 1 amide bonds. The van der Waals surface area contributed by atoms with Gasteiger partial charge in [-0.25, -0.2) is 4.98 Å². The second-order valence-electron chi connectivity index (χ2n) is 10.2. The van der Waals surface area contributed by atoms with Crippen LogP contribution < -0.4 is 25.6 Å². The van der Waals surface area contributed by atoms with Crippen LogP contribution in [-0.4, -0.2) is 55.1 Å². The SMILES string of the molecule is COc1cc(N2CCC3(CC2)OCCO3)ccc1Nc1ncc(C(F)(F)F)c(NCc2cccc(NC(C)=O)c2C)n1. The number of anilines is 5. The Bertz CT molecular complexity index is 1440. The highest BCUT2D eigenvalue weighted by molar-refractivity contribution is 5.89. The molecule has 0 saturated carbocycles. The number of methoxy groups -OCH3 is 1. The van der Waals surface area contributed by atoms with Gasteiger partial charge in [-0.15, -0.1) is 0 Å². The molecule has 0 radical (unpaired) electrons. The van der Waals surface area contributed by atoms with Crippen molar-refractivity contribution in [3.05, 3.63) is 59.3 Å². The van der Waals surface area contributed by atoms with Gasteiger partial charge in [0.05, 0.1) is 26.0 Å². The number of aromatic nitrogens is 2. The lowest BCUT2D eigenvalue weighted by Gasteiger charge is -2.38. The first-order valence-electron chi connectivity index (χ1n) is 13.6. The van der Waals surface area contributed by atoms with Crippen molar-refractivity contribution in [2.75, 3.05) is 54.3 Å². The zero-order valence-electron chi connectivity index (χ0n) is 23.6. The number of nitrogens with one attached hydrogen (secondary N) is 3. The molecule has 0 aliphatic carbocycles. The molecular weight excluding hydrogens is 553 g/mol. The zero-order valence-corrected chi connectivity index (χ0v) is 23.6. The van der Waals surface area contributed by atoms with Crippen molar-refractivity contribution in [3.63, 3.8) is 0 Å². The van der Waals surface area contributed by atoms with Gasteiger partial charge in [0, 0.05) is 63.0 Å². The summed E-state index contributed by atoms with van der Waals surface area (Å²) in [5.74, 6) is -0.644. The molecule has 3 N–H and O–H groups in total. The van der Waals surface area contributed by atoms with Crippen LogP contribution in [0.1, 0.15) is 36.5 Å². The quantitative estimate of drug-likeness (QED) is 0.317. The van der Waals surface area contributed by atoms with Crippen LogP contribution >= 0.6 is 0 Å². The van der Waals surface area contributed by atoms with Gasteiger partial charge in [-0.1, -0.05) is 12.1 Å². The summed E-state index contributed by atoms with van der Waals surface area (Å²) >= 11 is 0. The molecule has 0 unspecified atom stereocenters. The first-order valence-corrected chi connectivity index (χ1v) is 13.6. The highest BCUT2D eigenvalue weighted by Crippen LogP contribution is 2.38. The van der Waals surface area contributed by atoms with Gasteiger partial charge in [0.1, 0.15) is 17.1 Å². The summed E-state index contributed by atoms with van der Waals surface area (Å²) < 4.78 is 58.7. The molecule has 0 atom stereocenters. The summed E-state index contributed by atoms with van der Waals surface area (Å²) in [6.07, 6.45) is -2.42. The van der Waals surface area contributed by atoms with Crippen LogP contribution in [0, 0.1) is 6.92 Å². The molecule has 2 saturated heterocycles. The number of halogens is 3. The average Bonchev–Trinajstić information content (AvgIpc) is 3.41. The molecule has 1 spiro atoms. The van der Waals surface area contributed by atoms with Crippen LogP contribution in [0.25, 0.3) is 0 Å². The monoisotopic (exact) mass is 586 g/mol. The highest BCUT2D eigenvalue weighted by Gasteiger charge is 2.40. The summed E-state index contributed by atoms with van der Waals surface area (Å²) in [4.78, 5) is 21.8. The minimum atomic E-state index is -4.67. The number of amides is 1. The maximum Gasteiger partial charge on any atom is 0.421 e. The predicted molar refractivity (Wildman–Crippen MR) is 152 cm³/mol. The van der Waals surface area contributed by atoms with E-state index in [1.165, 1.54) is 14.0 Å². The van der Waals surface area contributed by atoms with E-state index in [0.717, 1.165) is 43.4 Å². The molecule has 2 aliphatic heterocycles. The third-order valence-corrected chi connectivity index (χ3v) is 7.43. The van der Waals surface area contributed by atoms with Crippen LogP contribution in [0.3, 0.4) is 0 Å². The molecule has 5 rings (SSSR count). The van der Waals surface area contributed by atoms with E-state index in [1.807, 2.05) is 12.1 Å². The molecule has 2 fully saturated rings. The van der Waals surface area contributed by atoms with Crippen molar-refractivity contribution < 1.29 is 32.2 Å². The van der Waals surface area contributed by atoms with Crippen LogP contribution in [0.5, 0.6) is 5.75 Å². The fourth-order valence-corrected chi connectivity index (χ4v) is 5.15. The number of carbonyl (C=O) groups is 1. The van der Waals surface area contributed by atoms with Gasteiger partial charge in [0.25, 0.3) is 0 Å². The number of carbonyl (C=O) groups excluding carboxylic acids is 1. The summed E-state index contributed by atoms with van der Waals surface area (Å²) in [6, 6.07) is 10.8. The zero-order chi connectivity index (χ0) is 29.9. The number of hydrogen-bond donors (Lipinski definition) is 3. The maximum absolute atomic E-state index is 13.8. The van der Waals surface area contributed by atoms with E-state index in [4.69, 9.17) is 14.2 Å². The Morgan fingerprint density at radius 2 is 1.86 bits per heavy atom. The lowest BCUT2D eigenvalue weighted by atomic mass is 10.0. The summed E-state index contributed by atoms with van der Waals surface area (Å²) in [5.41, 5.74) is 2.47. The molecule has 2 aliphatic rings. The van der Waals surface area contributed by atoms with Crippen LogP contribution in [0.4, 0.5) is 42.0 Å². The Morgan fingerprint density at radius 1 is 1.12 bits per heavy atom. The number of rotatable bonds is 8. The first-order chi connectivity index (χ1) is 20.1. The van der Waals surface area contributed by atoms with E-state index < -0.39 is 17.5 Å². The summed E-state index contributed by atoms with van der Waals surface area (Å²) in [5, 5.41) is 8.52. The lowest BCUT2D eigenvalue weighted by molar-refractivity contribution is -0.169. The van der Waals surface area contributed by atoms with E-state index in [-0.39, 0.29) is 24.2 Å². The number of nitrogens with zero attached hydrogens (tertiary/aromatic N) is 3. The molecule has 2 aromatic carbocycles. The largest absolute Gasteiger partial charge is 0.494 e. The van der Waals surface area contributed by atoms with E-state index in [9.17, 15) is 18.0 Å². The average molecular weight is 587 g/mol. The third kappa shape index (κ3) is 6.52. The van der Waals surface area contributed by atoms with E-state index in [0.29, 0.717) is 35.9 Å². The fraction of sp³-hybridized carbons (Fsp3) is 0.414. The lowest BCUT2D eigenvalue weighted by Crippen LogP contribution is -2.45. The fourth-order valence-electron chi connectivity index (χ4n) is 5.15. The van der Waals surface area contributed by atoms with Gasteiger partial charge in [-0.2, -0.15) is 18.2 Å². The normalized spacial score (nSPS) is 16.4. The predicted octanol–water partition coefficient (Wildman–Crippen LogP) is 5.47. The van der Waals surface area contributed by atoms with Crippen molar-refractivity contribution in [1.82, 2.24) is 9.97 Å². The van der Waals surface area contributed by atoms with E-state index in [2.05, 4.69) is 30.8 Å². The molecular formula is C29H33F3N6O4. The highest BCUT2D eigenvalue weighted by atomic mass is 19.4. The van der Waals surface area contributed by atoms with Crippen LogP contribution in [0.15, 0.2) is 42.6 Å². The van der Waals surface area contributed by atoms with Crippen LogP contribution in [-0.2, 0) is 27.0 Å². The number of benzene rings is 2. The minimum Gasteiger partial charge on any atom is -0.494 e. The number of alkyl halides is 3. The van der Waals surface area contributed by atoms with Crippen molar-refractivity contribution in [1.29, 1.82) is 0 Å². The van der Waals surface area contributed by atoms with E-state index >= 15 is 0 Å². The Balaban J connectivity index is 1.33. The number of piperidine rings is 1. The third-order valence-electron chi connectivity index (χ3n) is 7.43. The van der Waals surface area contributed by atoms with Crippen molar-refractivity contribution in [2.24, 2.45) is 0 Å². The molecule has 13 heteroatoms. The second-order valence-corrected chi connectivity index (χ2v) is 10.2. The molecule has 3 aromatic rings. The summed E-state index contributed by atoms with van der Waals surface area (Å²) in [6.45, 7) is 5.95. The Hall–Kier alpha value is -4.10. The Morgan fingerprint density at radius 3 is 2.52 bits per heavy atom. The van der Waals surface area contributed by atoms with Crippen molar-refractivity contribution >= 4 is 34.7 Å². The standard InChI is InChI=1S/C29H33F3N6O4/c1-18-20(5-4-6-23(18)35-19(2)39)16-33-26-22(29(30,31)32)17-34-27(37-26)36-24-8-7-21(15-25(24)40-3)38-11-9-28(10-12-38)41-13-14-42-28/h4-8,15,17H,9-14,16H2,1-3H3,(H,35,39)(H2,33,34,36,37). The molecule has 1 aromatic heterocycles. The van der Waals surface area contributed by atoms with Gasteiger partial charge in [-0.05, 0) is 36.2 Å². The van der Waals surface area contributed by atoms with E-state index in [1.54, 1.807) is 31.2 Å². The van der Waals surface area contributed by atoms with Crippen LogP contribution in [0.2, 0.25) is 0 Å². The molecule has 3 heterocycles. The molecule has 0 bridgehead atoms. The van der Waals surface area contributed by atoms with Crippen molar-refractivity contribution in [2.45, 2.75) is 45.2 Å². The van der Waals surface area contributed by atoms with Gasteiger partial charge in [0.2, 0.25) is 11.9 Å². The van der Waals surface area contributed by atoms with Crippen molar-refractivity contribution in [3.8, 4) is 5.75 Å².